The van der Waals surface area contributed by atoms with Crippen molar-refractivity contribution < 1.29 is 9.53 Å². The predicted molar refractivity (Wildman–Crippen MR) is 53.5 cm³/mol. The highest BCUT2D eigenvalue weighted by Crippen LogP contribution is 2.14. The van der Waals surface area contributed by atoms with E-state index in [9.17, 15) is 4.79 Å². The van der Waals surface area contributed by atoms with E-state index in [0.29, 0.717) is 17.8 Å². The van der Waals surface area contributed by atoms with E-state index < -0.39 is 0 Å². The van der Waals surface area contributed by atoms with Gasteiger partial charge >= 0.3 is 0 Å². The van der Waals surface area contributed by atoms with E-state index >= 15 is 0 Å². The van der Waals surface area contributed by atoms with E-state index in [0.717, 1.165) is 0 Å². The average molecular weight is 193 g/mol. The first-order valence-corrected chi connectivity index (χ1v) is 3.98. The van der Waals surface area contributed by atoms with Gasteiger partial charge in [0, 0.05) is 5.69 Å². The maximum Gasteiger partial charge on any atom is 0.211 e. The fourth-order valence-electron chi connectivity index (χ4n) is 0.877. The van der Waals surface area contributed by atoms with Gasteiger partial charge in [0.05, 0.1) is 0 Å². The lowest BCUT2D eigenvalue weighted by molar-refractivity contribution is -0.105. The molecular formula is C9H11N3O2. The van der Waals surface area contributed by atoms with E-state index in [1.165, 1.54) is 0 Å². The topological polar surface area (TPSA) is 88.2 Å². The van der Waals surface area contributed by atoms with Crippen LogP contribution >= 0.6 is 0 Å². The maximum atomic E-state index is 10.1. The number of hydrogen-bond acceptors (Lipinski definition) is 3. The third kappa shape index (κ3) is 3.14. The molecule has 4 N–H and O–H groups in total. The van der Waals surface area contributed by atoms with E-state index in [-0.39, 0.29) is 12.4 Å². The minimum Gasteiger partial charge on any atom is -0.486 e. The number of amidine groups is 1. The highest BCUT2D eigenvalue weighted by atomic mass is 16.5. The second kappa shape index (κ2) is 4.86. The lowest BCUT2D eigenvalue weighted by Crippen LogP contribution is -2.19. The van der Waals surface area contributed by atoms with Crippen molar-refractivity contribution in [1.29, 1.82) is 5.41 Å². The van der Waals surface area contributed by atoms with E-state index in [4.69, 9.17) is 15.9 Å². The summed E-state index contributed by atoms with van der Waals surface area (Å²) in [5, 5.41) is 9.44. The van der Waals surface area contributed by atoms with Crippen LogP contribution in [0.3, 0.4) is 0 Å². The Labute approximate surface area is 81.4 Å². The van der Waals surface area contributed by atoms with Crippen molar-refractivity contribution in [1.82, 2.24) is 0 Å². The van der Waals surface area contributed by atoms with Crippen LogP contribution in [0, 0.1) is 5.41 Å². The Kier molecular flexibility index (Phi) is 3.49. The fraction of sp³-hybridized carbons (Fsp3) is 0.111. The molecule has 0 aliphatic carbocycles. The first-order valence-electron chi connectivity index (χ1n) is 3.98. The molecule has 0 aromatic heterocycles. The molecule has 0 fully saturated rings. The van der Waals surface area contributed by atoms with Gasteiger partial charge in [0.25, 0.3) is 0 Å². The summed E-state index contributed by atoms with van der Waals surface area (Å²) in [5.74, 6) is 0.580. The summed E-state index contributed by atoms with van der Waals surface area (Å²) < 4.78 is 5.13. The van der Waals surface area contributed by atoms with Gasteiger partial charge in [0.1, 0.15) is 18.2 Å². The van der Waals surface area contributed by atoms with Crippen molar-refractivity contribution in [3.05, 3.63) is 24.3 Å². The Morgan fingerprint density at radius 1 is 1.50 bits per heavy atom. The van der Waals surface area contributed by atoms with Gasteiger partial charge in [0.15, 0.2) is 0 Å². The molecule has 0 unspecified atom stereocenters. The maximum absolute atomic E-state index is 10.1. The number of ether oxygens (including phenoxy) is 1. The van der Waals surface area contributed by atoms with Gasteiger partial charge in [0.2, 0.25) is 6.41 Å². The number of carbonyl (C=O) groups excluding carboxylic acids is 1. The normalized spacial score (nSPS) is 9.14. The number of carbonyl (C=O) groups is 1. The molecule has 0 radical (unpaired) electrons. The van der Waals surface area contributed by atoms with Gasteiger partial charge in [-0.15, -0.1) is 0 Å². The summed E-state index contributed by atoms with van der Waals surface area (Å²) in [6, 6.07) is 6.78. The number of amides is 1. The van der Waals surface area contributed by atoms with Crippen LogP contribution in [0.5, 0.6) is 5.75 Å². The van der Waals surface area contributed by atoms with E-state index in [2.05, 4.69) is 5.32 Å². The van der Waals surface area contributed by atoms with Crippen LogP contribution in [-0.4, -0.2) is 18.9 Å². The van der Waals surface area contributed by atoms with Crippen LogP contribution in [0.4, 0.5) is 5.69 Å². The summed E-state index contributed by atoms with van der Waals surface area (Å²) in [7, 11) is 0. The Morgan fingerprint density at radius 3 is 2.64 bits per heavy atom. The number of nitrogens with two attached hydrogens (primary N) is 1. The molecule has 0 aliphatic heterocycles. The standard InChI is InChI=1S/C9H11N3O2/c10-9(11)5-14-8-3-1-7(2-4-8)12-6-13/h1-4,6H,5H2,(H3,10,11)(H,12,13). The van der Waals surface area contributed by atoms with Crippen LogP contribution in [0.1, 0.15) is 0 Å². The van der Waals surface area contributed by atoms with Crippen molar-refractivity contribution in [2.24, 2.45) is 5.73 Å². The molecule has 0 atom stereocenters. The van der Waals surface area contributed by atoms with Crippen molar-refractivity contribution in [2.75, 3.05) is 11.9 Å². The van der Waals surface area contributed by atoms with Gasteiger partial charge in [-0.05, 0) is 24.3 Å². The molecule has 0 saturated heterocycles. The zero-order valence-electron chi connectivity index (χ0n) is 7.49. The largest absolute Gasteiger partial charge is 0.486 e. The van der Waals surface area contributed by atoms with E-state index in [1.54, 1.807) is 24.3 Å². The summed E-state index contributed by atoms with van der Waals surface area (Å²) in [4.78, 5) is 10.1. The molecule has 1 rings (SSSR count). The third-order valence-electron chi connectivity index (χ3n) is 1.47. The second-order valence-corrected chi connectivity index (χ2v) is 2.60. The lowest BCUT2D eigenvalue weighted by Gasteiger charge is -2.05. The highest BCUT2D eigenvalue weighted by molar-refractivity contribution is 5.78. The SMILES string of the molecule is N=C(N)COc1ccc(NC=O)cc1. The highest BCUT2D eigenvalue weighted by Gasteiger charge is 1.95. The van der Waals surface area contributed by atoms with Gasteiger partial charge in [-0.25, -0.2) is 0 Å². The molecule has 0 bridgehead atoms. The van der Waals surface area contributed by atoms with E-state index in [1.807, 2.05) is 0 Å². The quantitative estimate of drug-likeness (QED) is 0.363. The van der Waals surface area contributed by atoms with Crippen molar-refractivity contribution in [3.8, 4) is 5.75 Å². The van der Waals surface area contributed by atoms with Gasteiger partial charge in [-0.1, -0.05) is 0 Å². The van der Waals surface area contributed by atoms with Crippen molar-refractivity contribution in [2.45, 2.75) is 0 Å². The number of rotatable bonds is 5. The Balaban J connectivity index is 2.54. The van der Waals surface area contributed by atoms with Crippen LogP contribution in [0.15, 0.2) is 24.3 Å². The van der Waals surface area contributed by atoms with Crippen LogP contribution in [0.25, 0.3) is 0 Å². The van der Waals surface area contributed by atoms with Gasteiger partial charge < -0.3 is 15.8 Å². The third-order valence-corrected chi connectivity index (χ3v) is 1.47. The van der Waals surface area contributed by atoms with Crippen LogP contribution in [-0.2, 0) is 4.79 Å². The molecule has 0 aliphatic rings. The Morgan fingerprint density at radius 2 is 2.14 bits per heavy atom. The lowest BCUT2D eigenvalue weighted by atomic mass is 10.3. The molecule has 74 valence electrons. The molecule has 0 spiro atoms. The Bertz CT molecular complexity index is 321. The molecule has 1 amide bonds. The Hall–Kier alpha value is -2.04. The first-order chi connectivity index (χ1) is 6.72. The molecular weight excluding hydrogens is 182 g/mol. The predicted octanol–water partition coefficient (Wildman–Crippen LogP) is 0.570. The monoisotopic (exact) mass is 193 g/mol. The molecule has 5 heteroatoms. The molecule has 1 aromatic carbocycles. The van der Waals surface area contributed by atoms with Crippen LogP contribution in [0.2, 0.25) is 0 Å². The zero-order chi connectivity index (χ0) is 10.4. The van der Waals surface area contributed by atoms with Crippen molar-refractivity contribution in [3.63, 3.8) is 0 Å². The van der Waals surface area contributed by atoms with Crippen molar-refractivity contribution >= 4 is 17.9 Å². The number of anilines is 1. The molecule has 1 aromatic rings. The van der Waals surface area contributed by atoms with Crippen LogP contribution < -0.4 is 15.8 Å². The number of nitrogens with one attached hydrogen (secondary N) is 2. The average Bonchev–Trinajstić information content (AvgIpc) is 2.17. The first kappa shape index (κ1) is 10.0. The summed E-state index contributed by atoms with van der Waals surface area (Å²) in [6.07, 6.45) is 0.603. The summed E-state index contributed by atoms with van der Waals surface area (Å²) in [5.41, 5.74) is 5.81. The summed E-state index contributed by atoms with van der Waals surface area (Å²) >= 11 is 0. The smallest absolute Gasteiger partial charge is 0.211 e. The van der Waals surface area contributed by atoms with Gasteiger partial charge in [-0.2, -0.15) is 0 Å². The zero-order valence-corrected chi connectivity index (χ0v) is 7.49. The summed E-state index contributed by atoms with van der Waals surface area (Å²) in [6.45, 7) is 0.0699. The minimum absolute atomic E-state index is 0.0277. The number of benzene rings is 1. The molecule has 0 saturated carbocycles. The minimum atomic E-state index is -0.0277. The number of hydrogen-bond donors (Lipinski definition) is 3. The second-order valence-electron chi connectivity index (χ2n) is 2.60. The fourth-order valence-corrected chi connectivity index (χ4v) is 0.877. The molecule has 0 heterocycles. The molecule has 14 heavy (non-hydrogen) atoms. The van der Waals surface area contributed by atoms with Gasteiger partial charge in [-0.3, -0.25) is 10.2 Å². The molecule has 5 nitrogen and oxygen atoms in total.